The highest BCUT2D eigenvalue weighted by Crippen LogP contribution is 2.18. The zero-order valence-corrected chi connectivity index (χ0v) is 11.8. The standard InChI is InChI=1S/C13H22ClN3/c1-10(2)17(11(3)4)8-7-16-13-5-6-15-9-12(13)14/h5-6,9-11H,7-8H2,1-4H3,(H,15,16). The highest BCUT2D eigenvalue weighted by Gasteiger charge is 2.12. The Morgan fingerprint density at radius 3 is 2.47 bits per heavy atom. The molecule has 0 atom stereocenters. The summed E-state index contributed by atoms with van der Waals surface area (Å²) in [5.41, 5.74) is 0.953. The van der Waals surface area contributed by atoms with E-state index in [4.69, 9.17) is 11.6 Å². The summed E-state index contributed by atoms with van der Waals surface area (Å²) in [7, 11) is 0. The molecular weight excluding hydrogens is 234 g/mol. The molecule has 17 heavy (non-hydrogen) atoms. The number of rotatable bonds is 6. The van der Waals surface area contributed by atoms with Crippen LogP contribution in [0.3, 0.4) is 0 Å². The Kier molecular flexibility index (Phi) is 5.72. The van der Waals surface area contributed by atoms with Gasteiger partial charge in [-0.1, -0.05) is 11.6 Å². The highest BCUT2D eigenvalue weighted by atomic mass is 35.5. The summed E-state index contributed by atoms with van der Waals surface area (Å²) in [4.78, 5) is 6.41. The lowest BCUT2D eigenvalue weighted by Gasteiger charge is -2.30. The third-order valence-electron chi connectivity index (χ3n) is 2.78. The second-order valence-electron chi connectivity index (χ2n) is 4.71. The van der Waals surface area contributed by atoms with Crippen molar-refractivity contribution in [2.24, 2.45) is 0 Å². The molecule has 1 aromatic rings. The minimum Gasteiger partial charge on any atom is -0.382 e. The second kappa shape index (κ2) is 6.82. The Morgan fingerprint density at radius 1 is 1.29 bits per heavy atom. The summed E-state index contributed by atoms with van der Waals surface area (Å²) >= 11 is 6.03. The molecule has 4 heteroatoms. The van der Waals surface area contributed by atoms with E-state index in [2.05, 4.69) is 42.9 Å². The van der Waals surface area contributed by atoms with Gasteiger partial charge in [0.2, 0.25) is 0 Å². The molecule has 0 saturated carbocycles. The number of hydrogen-bond acceptors (Lipinski definition) is 3. The molecule has 0 fully saturated rings. The third-order valence-corrected chi connectivity index (χ3v) is 3.09. The minimum atomic E-state index is 0.560. The molecule has 0 unspecified atom stereocenters. The van der Waals surface area contributed by atoms with Gasteiger partial charge >= 0.3 is 0 Å². The van der Waals surface area contributed by atoms with Gasteiger partial charge in [-0.15, -0.1) is 0 Å². The fourth-order valence-electron chi connectivity index (χ4n) is 1.95. The molecule has 0 bridgehead atoms. The molecule has 0 aromatic carbocycles. The van der Waals surface area contributed by atoms with Crippen LogP contribution in [0.4, 0.5) is 5.69 Å². The van der Waals surface area contributed by atoms with E-state index in [1.165, 1.54) is 0 Å². The first-order chi connectivity index (χ1) is 8.02. The van der Waals surface area contributed by atoms with Crippen LogP contribution in [0.25, 0.3) is 0 Å². The van der Waals surface area contributed by atoms with Crippen molar-refractivity contribution in [3.8, 4) is 0 Å². The van der Waals surface area contributed by atoms with Crippen LogP contribution in [0, 0.1) is 0 Å². The molecule has 1 N–H and O–H groups in total. The number of anilines is 1. The first kappa shape index (κ1) is 14.3. The van der Waals surface area contributed by atoms with E-state index in [9.17, 15) is 0 Å². The lowest BCUT2D eigenvalue weighted by Crippen LogP contribution is -2.40. The Balaban J connectivity index is 2.44. The Bertz CT molecular complexity index is 331. The van der Waals surface area contributed by atoms with Crippen molar-refractivity contribution in [1.82, 2.24) is 9.88 Å². The number of pyridine rings is 1. The van der Waals surface area contributed by atoms with Crippen LogP contribution in [0.5, 0.6) is 0 Å². The number of aromatic nitrogens is 1. The summed E-state index contributed by atoms with van der Waals surface area (Å²) in [6, 6.07) is 3.02. The first-order valence-corrected chi connectivity index (χ1v) is 6.49. The fourth-order valence-corrected chi connectivity index (χ4v) is 2.14. The molecule has 3 nitrogen and oxygen atoms in total. The molecule has 0 spiro atoms. The molecule has 0 aliphatic heterocycles. The van der Waals surface area contributed by atoms with Crippen LogP contribution in [0.1, 0.15) is 27.7 Å². The number of hydrogen-bond donors (Lipinski definition) is 1. The largest absolute Gasteiger partial charge is 0.382 e. The van der Waals surface area contributed by atoms with Crippen LogP contribution in [-0.2, 0) is 0 Å². The lowest BCUT2D eigenvalue weighted by atomic mass is 10.2. The van der Waals surface area contributed by atoms with E-state index in [1.807, 2.05) is 6.07 Å². The van der Waals surface area contributed by atoms with E-state index in [1.54, 1.807) is 12.4 Å². The average molecular weight is 256 g/mol. The lowest BCUT2D eigenvalue weighted by molar-refractivity contribution is 0.182. The SMILES string of the molecule is CC(C)N(CCNc1ccncc1Cl)C(C)C. The van der Waals surface area contributed by atoms with Gasteiger partial charge in [-0.2, -0.15) is 0 Å². The molecule has 0 amide bonds. The van der Waals surface area contributed by atoms with Crippen LogP contribution in [0.2, 0.25) is 5.02 Å². The normalized spacial score (nSPS) is 11.5. The van der Waals surface area contributed by atoms with Crippen LogP contribution in [-0.4, -0.2) is 35.1 Å². The number of nitrogens with zero attached hydrogens (tertiary/aromatic N) is 2. The maximum atomic E-state index is 6.03. The van der Waals surface area contributed by atoms with E-state index in [0.29, 0.717) is 17.1 Å². The van der Waals surface area contributed by atoms with Crippen molar-refractivity contribution in [3.05, 3.63) is 23.5 Å². The molecule has 1 rings (SSSR count). The highest BCUT2D eigenvalue weighted by molar-refractivity contribution is 6.33. The number of halogens is 1. The minimum absolute atomic E-state index is 0.560. The monoisotopic (exact) mass is 255 g/mol. The second-order valence-corrected chi connectivity index (χ2v) is 5.11. The molecule has 0 aliphatic carbocycles. The van der Waals surface area contributed by atoms with Crippen molar-refractivity contribution in [2.45, 2.75) is 39.8 Å². The van der Waals surface area contributed by atoms with Crippen LogP contribution >= 0.6 is 11.6 Å². The van der Waals surface area contributed by atoms with Gasteiger partial charge in [-0.3, -0.25) is 9.88 Å². The zero-order chi connectivity index (χ0) is 12.8. The first-order valence-electron chi connectivity index (χ1n) is 6.11. The maximum Gasteiger partial charge on any atom is 0.0820 e. The van der Waals surface area contributed by atoms with Crippen molar-refractivity contribution < 1.29 is 0 Å². The van der Waals surface area contributed by atoms with Gasteiger partial charge in [-0.05, 0) is 33.8 Å². The van der Waals surface area contributed by atoms with E-state index in [-0.39, 0.29) is 0 Å². The predicted molar refractivity (Wildman–Crippen MR) is 74.7 cm³/mol. The van der Waals surface area contributed by atoms with E-state index in [0.717, 1.165) is 18.8 Å². The Hall–Kier alpha value is -0.800. The summed E-state index contributed by atoms with van der Waals surface area (Å²) in [6.07, 6.45) is 3.41. The molecule has 1 aromatic heterocycles. The summed E-state index contributed by atoms with van der Waals surface area (Å²) in [5, 5.41) is 4.01. The molecule has 0 saturated heterocycles. The van der Waals surface area contributed by atoms with E-state index < -0.39 is 0 Å². The molecule has 0 radical (unpaired) electrons. The van der Waals surface area contributed by atoms with Gasteiger partial charge in [0, 0.05) is 37.6 Å². The Labute approximate surface area is 109 Å². The Morgan fingerprint density at radius 2 is 1.94 bits per heavy atom. The zero-order valence-electron chi connectivity index (χ0n) is 11.1. The van der Waals surface area contributed by atoms with Gasteiger partial charge < -0.3 is 5.32 Å². The van der Waals surface area contributed by atoms with Gasteiger partial charge in [-0.25, -0.2) is 0 Å². The van der Waals surface area contributed by atoms with Crippen LogP contribution < -0.4 is 5.32 Å². The van der Waals surface area contributed by atoms with Crippen molar-refractivity contribution in [2.75, 3.05) is 18.4 Å². The third kappa shape index (κ3) is 4.52. The van der Waals surface area contributed by atoms with Crippen LogP contribution in [0.15, 0.2) is 18.5 Å². The van der Waals surface area contributed by atoms with Gasteiger partial charge in [0.15, 0.2) is 0 Å². The van der Waals surface area contributed by atoms with Crippen molar-refractivity contribution in [3.63, 3.8) is 0 Å². The summed E-state index contributed by atoms with van der Waals surface area (Å²) in [6.45, 7) is 10.8. The summed E-state index contributed by atoms with van der Waals surface area (Å²) in [5.74, 6) is 0. The quantitative estimate of drug-likeness (QED) is 0.846. The summed E-state index contributed by atoms with van der Waals surface area (Å²) < 4.78 is 0. The smallest absolute Gasteiger partial charge is 0.0820 e. The van der Waals surface area contributed by atoms with Gasteiger partial charge in [0.25, 0.3) is 0 Å². The molecule has 1 heterocycles. The van der Waals surface area contributed by atoms with Gasteiger partial charge in [0.1, 0.15) is 0 Å². The van der Waals surface area contributed by atoms with Gasteiger partial charge in [0.05, 0.1) is 10.7 Å². The predicted octanol–water partition coefficient (Wildman–Crippen LogP) is 3.27. The van der Waals surface area contributed by atoms with Crippen molar-refractivity contribution in [1.29, 1.82) is 0 Å². The van der Waals surface area contributed by atoms with Crippen molar-refractivity contribution >= 4 is 17.3 Å². The molecule has 0 aliphatic rings. The topological polar surface area (TPSA) is 28.2 Å². The average Bonchev–Trinajstić information content (AvgIpc) is 2.25. The number of nitrogens with one attached hydrogen (secondary N) is 1. The molecule has 96 valence electrons. The fraction of sp³-hybridized carbons (Fsp3) is 0.615. The van der Waals surface area contributed by atoms with E-state index >= 15 is 0 Å². The maximum absolute atomic E-state index is 6.03. The molecular formula is C13H22ClN3.